The molecule has 4 nitrogen and oxygen atoms in total. The van der Waals surface area contributed by atoms with Gasteiger partial charge in [0.05, 0.1) is 7.11 Å². The average molecular weight is 236 g/mol. The van der Waals surface area contributed by atoms with Gasteiger partial charge < -0.3 is 9.47 Å². The second-order valence-electron chi connectivity index (χ2n) is 3.58. The highest BCUT2D eigenvalue weighted by molar-refractivity contribution is 5.95. The lowest BCUT2D eigenvalue weighted by atomic mass is 10.1. The van der Waals surface area contributed by atoms with Crippen LogP contribution in [0.25, 0.3) is 0 Å². The molecule has 0 saturated carbocycles. The summed E-state index contributed by atoms with van der Waals surface area (Å²) >= 11 is 0. The predicted molar refractivity (Wildman–Crippen MR) is 63.2 cm³/mol. The lowest BCUT2D eigenvalue weighted by Crippen LogP contribution is -2.24. The first kappa shape index (κ1) is 13.2. The minimum atomic E-state index is -0.660. The smallest absolute Gasteiger partial charge is 0.346 e. The summed E-state index contributed by atoms with van der Waals surface area (Å²) in [6, 6.07) is 6.71. The Morgan fingerprint density at radius 1 is 1.24 bits per heavy atom. The van der Waals surface area contributed by atoms with Gasteiger partial charge in [-0.2, -0.15) is 0 Å². The normalized spacial score (nSPS) is 11.7. The largest absolute Gasteiger partial charge is 0.479 e. The van der Waals surface area contributed by atoms with E-state index in [1.165, 1.54) is 7.11 Å². The Kier molecular flexibility index (Phi) is 4.69. The van der Waals surface area contributed by atoms with Crippen LogP contribution in [0.4, 0.5) is 0 Å². The molecule has 0 spiro atoms. The Labute approximate surface area is 101 Å². The summed E-state index contributed by atoms with van der Waals surface area (Å²) in [6.45, 7) is 3.42. The summed E-state index contributed by atoms with van der Waals surface area (Å²) in [5, 5.41) is 0. The molecule has 0 unspecified atom stereocenters. The molecular formula is C13H16O4. The van der Waals surface area contributed by atoms with Gasteiger partial charge in [-0.15, -0.1) is 0 Å². The quantitative estimate of drug-likeness (QED) is 0.581. The standard InChI is InChI=1S/C13H16O4/c1-4-12(14)10-5-7-11(8-6-10)17-9(2)13(15)16-3/h5-9H,4H2,1-3H3/t9-/m1/s1. The first-order chi connectivity index (χ1) is 8.08. The Hall–Kier alpha value is -1.84. The zero-order valence-corrected chi connectivity index (χ0v) is 10.2. The molecular weight excluding hydrogens is 220 g/mol. The molecule has 92 valence electrons. The minimum absolute atomic E-state index is 0.0811. The Bertz CT molecular complexity index is 394. The van der Waals surface area contributed by atoms with Gasteiger partial charge >= 0.3 is 5.97 Å². The molecule has 0 bridgehead atoms. The van der Waals surface area contributed by atoms with Gasteiger partial charge in [-0.25, -0.2) is 4.79 Å². The van der Waals surface area contributed by atoms with Crippen molar-refractivity contribution in [2.45, 2.75) is 26.4 Å². The van der Waals surface area contributed by atoms with Crippen molar-refractivity contribution in [3.63, 3.8) is 0 Å². The highest BCUT2D eigenvalue weighted by Gasteiger charge is 2.14. The van der Waals surface area contributed by atoms with E-state index in [0.717, 1.165) is 0 Å². The van der Waals surface area contributed by atoms with Gasteiger partial charge in [-0.05, 0) is 31.2 Å². The zero-order chi connectivity index (χ0) is 12.8. The van der Waals surface area contributed by atoms with Crippen molar-refractivity contribution in [1.82, 2.24) is 0 Å². The first-order valence-electron chi connectivity index (χ1n) is 5.46. The van der Waals surface area contributed by atoms with Crippen molar-refractivity contribution in [3.05, 3.63) is 29.8 Å². The van der Waals surface area contributed by atoms with Gasteiger partial charge in [0, 0.05) is 12.0 Å². The maximum atomic E-state index is 11.4. The molecule has 17 heavy (non-hydrogen) atoms. The van der Waals surface area contributed by atoms with Crippen molar-refractivity contribution in [2.24, 2.45) is 0 Å². The van der Waals surface area contributed by atoms with Gasteiger partial charge in [0.1, 0.15) is 5.75 Å². The monoisotopic (exact) mass is 236 g/mol. The van der Waals surface area contributed by atoms with E-state index < -0.39 is 12.1 Å². The Morgan fingerprint density at radius 2 is 1.82 bits per heavy atom. The van der Waals surface area contributed by atoms with E-state index in [4.69, 9.17) is 4.74 Å². The number of hydrogen-bond donors (Lipinski definition) is 0. The van der Waals surface area contributed by atoms with Crippen LogP contribution in [0, 0.1) is 0 Å². The van der Waals surface area contributed by atoms with Gasteiger partial charge in [-0.3, -0.25) is 4.79 Å². The number of carbonyl (C=O) groups is 2. The van der Waals surface area contributed by atoms with E-state index in [0.29, 0.717) is 17.7 Å². The van der Waals surface area contributed by atoms with Crippen LogP contribution in [-0.2, 0) is 9.53 Å². The molecule has 0 aliphatic carbocycles. The fraction of sp³-hybridized carbons (Fsp3) is 0.385. The number of methoxy groups -OCH3 is 1. The molecule has 0 radical (unpaired) electrons. The van der Waals surface area contributed by atoms with Gasteiger partial charge in [0.15, 0.2) is 11.9 Å². The van der Waals surface area contributed by atoms with Crippen LogP contribution in [0.15, 0.2) is 24.3 Å². The molecule has 0 aliphatic rings. The van der Waals surface area contributed by atoms with E-state index in [-0.39, 0.29) is 5.78 Å². The van der Waals surface area contributed by atoms with Crippen LogP contribution < -0.4 is 4.74 Å². The Balaban J connectivity index is 2.68. The highest BCUT2D eigenvalue weighted by Crippen LogP contribution is 2.15. The molecule has 4 heteroatoms. The number of ketones is 1. The van der Waals surface area contributed by atoms with Gasteiger partial charge in [-0.1, -0.05) is 6.92 Å². The van der Waals surface area contributed by atoms with Crippen LogP contribution in [-0.4, -0.2) is 25.0 Å². The summed E-state index contributed by atoms with van der Waals surface area (Å²) < 4.78 is 9.90. The molecule has 1 aromatic carbocycles. The van der Waals surface area contributed by atoms with Crippen molar-refractivity contribution in [1.29, 1.82) is 0 Å². The second-order valence-corrected chi connectivity index (χ2v) is 3.58. The molecule has 0 fully saturated rings. The lowest BCUT2D eigenvalue weighted by Gasteiger charge is -2.12. The zero-order valence-electron chi connectivity index (χ0n) is 10.2. The predicted octanol–water partition coefficient (Wildman–Crippen LogP) is 2.22. The number of carbonyl (C=O) groups excluding carboxylic acids is 2. The molecule has 0 N–H and O–H groups in total. The molecule has 0 heterocycles. The maximum Gasteiger partial charge on any atom is 0.346 e. The van der Waals surface area contributed by atoms with E-state index in [1.807, 2.05) is 6.92 Å². The number of benzene rings is 1. The van der Waals surface area contributed by atoms with E-state index >= 15 is 0 Å². The van der Waals surface area contributed by atoms with Gasteiger partial charge in [0.25, 0.3) is 0 Å². The summed E-state index contributed by atoms with van der Waals surface area (Å²) in [5.41, 5.74) is 0.644. The van der Waals surface area contributed by atoms with Crippen LogP contribution in [0.5, 0.6) is 5.75 Å². The fourth-order valence-electron chi connectivity index (χ4n) is 1.34. The molecule has 1 atom stereocenters. The molecule has 1 aromatic rings. The highest BCUT2D eigenvalue weighted by atomic mass is 16.6. The van der Waals surface area contributed by atoms with E-state index in [2.05, 4.69) is 4.74 Å². The fourth-order valence-corrected chi connectivity index (χ4v) is 1.34. The summed E-state index contributed by atoms with van der Waals surface area (Å²) in [7, 11) is 1.31. The minimum Gasteiger partial charge on any atom is -0.479 e. The maximum absolute atomic E-state index is 11.4. The summed E-state index contributed by atoms with van der Waals surface area (Å²) in [5.74, 6) is 0.187. The van der Waals surface area contributed by atoms with Crippen molar-refractivity contribution < 1.29 is 19.1 Å². The molecule has 0 saturated heterocycles. The molecule has 1 rings (SSSR count). The van der Waals surface area contributed by atoms with E-state index in [1.54, 1.807) is 31.2 Å². The van der Waals surface area contributed by atoms with Crippen LogP contribution in [0.3, 0.4) is 0 Å². The van der Waals surface area contributed by atoms with Crippen LogP contribution >= 0.6 is 0 Å². The summed E-state index contributed by atoms with van der Waals surface area (Å²) in [6.07, 6.45) is -0.189. The number of rotatable bonds is 5. The van der Waals surface area contributed by atoms with Gasteiger partial charge in [0.2, 0.25) is 0 Å². The number of ether oxygens (including phenoxy) is 2. The van der Waals surface area contributed by atoms with Crippen LogP contribution in [0.2, 0.25) is 0 Å². The number of esters is 1. The molecule has 0 amide bonds. The van der Waals surface area contributed by atoms with Crippen molar-refractivity contribution >= 4 is 11.8 Å². The number of Topliss-reactive ketones (excluding diaryl/α,β-unsaturated/α-hetero) is 1. The second kappa shape index (κ2) is 6.03. The third-order valence-corrected chi connectivity index (χ3v) is 2.34. The summed E-state index contributed by atoms with van der Waals surface area (Å²) in [4.78, 5) is 22.5. The van der Waals surface area contributed by atoms with E-state index in [9.17, 15) is 9.59 Å². The lowest BCUT2D eigenvalue weighted by molar-refractivity contribution is -0.147. The third-order valence-electron chi connectivity index (χ3n) is 2.34. The first-order valence-corrected chi connectivity index (χ1v) is 5.46. The molecule has 0 aliphatic heterocycles. The third kappa shape index (κ3) is 3.59. The van der Waals surface area contributed by atoms with Crippen molar-refractivity contribution in [2.75, 3.05) is 7.11 Å². The van der Waals surface area contributed by atoms with Crippen LogP contribution in [0.1, 0.15) is 30.6 Å². The SMILES string of the molecule is CCC(=O)c1ccc(O[C@H](C)C(=O)OC)cc1. The molecule has 0 aromatic heterocycles. The number of hydrogen-bond acceptors (Lipinski definition) is 4. The average Bonchev–Trinajstić information content (AvgIpc) is 2.37. The topological polar surface area (TPSA) is 52.6 Å². The Morgan fingerprint density at radius 3 is 2.29 bits per heavy atom. The van der Waals surface area contributed by atoms with Crippen molar-refractivity contribution in [3.8, 4) is 5.75 Å².